The fraction of sp³-hybridized carbons (Fsp3) is 0.189. The Labute approximate surface area is 578 Å². The van der Waals surface area contributed by atoms with Gasteiger partial charge in [0.2, 0.25) is 11.8 Å². The predicted octanol–water partition coefficient (Wildman–Crippen LogP) is 9.51. The first-order chi connectivity index (χ1) is 48.5. The van der Waals surface area contributed by atoms with E-state index < -0.39 is 0 Å². The van der Waals surface area contributed by atoms with Gasteiger partial charge in [-0.1, -0.05) is 66.7 Å². The van der Waals surface area contributed by atoms with E-state index in [9.17, 15) is 14.4 Å². The largest absolute Gasteiger partial charge is 0.457 e. The number of aromatic nitrogens is 12. The van der Waals surface area contributed by atoms with E-state index in [-0.39, 0.29) is 17.7 Å². The number of benzene rings is 6. The summed E-state index contributed by atoms with van der Waals surface area (Å²) in [7, 11) is 11.2. The van der Waals surface area contributed by atoms with E-state index in [0.29, 0.717) is 131 Å². The normalized spacial score (nSPS) is 11.2. The van der Waals surface area contributed by atoms with Crippen LogP contribution < -0.4 is 36.7 Å². The SMILES string of the molecule is C#CC(=O)N(C)CCn1nc(-c2ccc(Oc3ccccc3)cc2)c2c(N)ncnc21.CN(C)C/C=C/C(=O)N(C)CCn1nc(-c2ccc(Oc3ccccc3)cc2)c2c(N)ncnc21.CN(C)C/C=C/C(=O)NCCn1nc(-c2ccc(Oc3ccccc3)cc2)c2c(N)ncnc21. The maximum atomic E-state index is 12.4. The molecule has 3 amide bonds. The minimum absolute atomic E-state index is 0.0633. The second-order valence-electron chi connectivity index (χ2n) is 23.2. The van der Waals surface area contributed by atoms with Crippen molar-refractivity contribution in [2.75, 3.05) is 92.2 Å². The number of rotatable bonds is 24. The van der Waals surface area contributed by atoms with E-state index in [1.54, 1.807) is 39.1 Å². The summed E-state index contributed by atoms with van der Waals surface area (Å²) in [5.74, 6) is 6.97. The lowest BCUT2D eigenvalue weighted by atomic mass is 10.1. The summed E-state index contributed by atoms with van der Waals surface area (Å²) in [6.07, 6.45) is 16.2. The number of anilines is 3. The number of nitrogens with zero attached hydrogens (tertiary/aromatic N) is 16. The number of nitrogen functional groups attached to an aromatic ring is 3. The van der Waals surface area contributed by atoms with Crippen molar-refractivity contribution in [3.63, 3.8) is 0 Å². The third kappa shape index (κ3) is 18.4. The number of hydrogen-bond acceptors (Lipinski definition) is 20. The van der Waals surface area contributed by atoms with E-state index >= 15 is 0 Å². The maximum absolute atomic E-state index is 12.4. The fourth-order valence-corrected chi connectivity index (χ4v) is 10.1. The Morgan fingerprint density at radius 3 is 1.13 bits per heavy atom. The lowest BCUT2D eigenvalue weighted by molar-refractivity contribution is -0.125. The summed E-state index contributed by atoms with van der Waals surface area (Å²) >= 11 is 0. The Morgan fingerprint density at radius 2 is 0.780 bits per heavy atom. The van der Waals surface area contributed by atoms with Crippen LogP contribution in [0.4, 0.5) is 17.5 Å². The maximum Gasteiger partial charge on any atom is 0.298 e. The van der Waals surface area contributed by atoms with E-state index in [4.69, 9.17) is 53.1 Å². The fourth-order valence-electron chi connectivity index (χ4n) is 10.1. The van der Waals surface area contributed by atoms with E-state index in [1.807, 2.05) is 214 Å². The molecule has 0 saturated heterocycles. The molecule has 0 radical (unpaired) electrons. The molecule has 0 fully saturated rings. The number of terminal acetylenes is 1. The van der Waals surface area contributed by atoms with Gasteiger partial charge in [-0.2, -0.15) is 15.3 Å². The van der Waals surface area contributed by atoms with Gasteiger partial charge in [-0.15, -0.1) is 6.42 Å². The summed E-state index contributed by atoms with van der Waals surface area (Å²) in [5.41, 5.74) is 25.0. The summed E-state index contributed by atoms with van der Waals surface area (Å²) in [4.78, 5) is 68.7. The predicted molar refractivity (Wildman–Crippen MR) is 388 cm³/mol. The van der Waals surface area contributed by atoms with Crippen molar-refractivity contribution in [2.45, 2.75) is 19.6 Å². The van der Waals surface area contributed by atoms with Crippen LogP contribution in [0.1, 0.15) is 0 Å². The van der Waals surface area contributed by atoms with Gasteiger partial charge in [-0.05, 0) is 143 Å². The Kier molecular flexibility index (Phi) is 23.6. The minimum Gasteiger partial charge on any atom is -0.457 e. The number of carbonyl (C=O) groups is 3. The van der Waals surface area contributed by atoms with Crippen molar-refractivity contribution in [2.24, 2.45) is 0 Å². The Morgan fingerprint density at radius 1 is 0.450 bits per heavy atom. The minimum atomic E-state index is -0.389. The van der Waals surface area contributed by atoms with Gasteiger partial charge in [0.25, 0.3) is 5.91 Å². The van der Waals surface area contributed by atoms with Crippen LogP contribution in [0.3, 0.4) is 0 Å². The van der Waals surface area contributed by atoms with Crippen LogP contribution in [0.15, 0.2) is 207 Å². The third-order valence-electron chi connectivity index (χ3n) is 15.2. The van der Waals surface area contributed by atoms with Crippen LogP contribution in [0.2, 0.25) is 0 Å². The number of carbonyl (C=O) groups excluding carboxylic acids is 3. The molecule has 12 rings (SSSR count). The highest BCUT2D eigenvalue weighted by molar-refractivity contribution is 6.00. The van der Waals surface area contributed by atoms with Crippen molar-refractivity contribution in [1.29, 1.82) is 0 Å². The highest BCUT2D eigenvalue weighted by atomic mass is 16.5. The molecular weight excluding hydrogens is 1260 g/mol. The van der Waals surface area contributed by atoms with Crippen molar-refractivity contribution < 1.29 is 28.6 Å². The number of fused-ring (bicyclic) bond motifs is 3. The smallest absolute Gasteiger partial charge is 0.298 e. The van der Waals surface area contributed by atoms with E-state index in [1.165, 1.54) is 30.0 Å². The molecule has 7 N–H and O–H groups in total. The molecule has 6 heterocycles. The molecule has 0 aliphatic heterocycles. The Bertz CT molecular complexity index is 4820. The molecule has 0 saturated carbocycles. The van der Waals surface area contributed by atoms with Gasteiger partial charge in [-0.3, -0.25) is 14.4 Å². The molecule has 0 aliphatic rings. The third-order valence-corrected chi connectivity index (χ3v) is 15.2. The molecule has 508 valence electrons. The quantitative estimate of drug-likeness (QED) is 0.0323. The number of amides is 3. The molecule has 6 aromatic heterocycles. The molecule has 0 spiro atoms. The van der Waals surface area contributed by atoms with E-state index in [2.05, 4.69) is 41.1 Å². The summed E-state index contributed by atoms with van der Waals surface area (Å²) < 4.78 is 22.8. The molecule has 12 aromatic rings. The average Bonchev–Trinajstić information content (AvgIpc) is 1.64. The summed E-state index contributed by atoms with van der Waals surface area (Å²) in [6.45, 7) is 3.97. The number of ether oxygens (including phenoxy) is 3. The molecule has 6 aromatic carbocycles. The molecule has 26 nitrogen and oxygen atoms in total. The number of para-hydroxylation sites is 3. The molecule has 0 unspecified atom stereocenters. The number of likely N-dealkylation sites (N-methyl/N-ethyl adjacent to an activating group) is 4. The number of nitrogens with two attached hydrogens (primary N) is 3. The lowest BCUT2D eigenvalue weighted by Crippen LogP contribution is -2.29. The zero-order valence-corrected chi connectivity index (χ0v) is 56.2. The zero-order chi connectivity index (χ0) is 70.5. The summed E-state index contributed by atoms with van der Waals surface area (Å²) in [6, 6.07) is 51.6. The topological polar surface area (TPSA) is 313 Å². The molecular formula is C74H76N20O6. The van der Waals surface area contributed by atoms with Crippen molar-refractivity contribution in [3.8, 4) is 80.6 Å². The van der Waals surface area contributed by atoms with Gasteiger partial charge < -0.3 is 56.3 Å². The van der Waals surface area contributed by atoms with Crippen LogP contribution in [-0.4, -0.2) is 172 Å². The molecule has 0 bridgehead atoms. The molecule has 0 aliphatic carbocycles. The van der Waals surface area contributed by atoms with Crippen LogP contribution in [0, 0.1) is 12.3 Å². The Balaban J connectivity index is 0.000000162. The monoisotopic (exact) mass is 1340 g/mol. The first kappa shape index (κ1) is 70.0. The van der Waals surface area contributed by atoms with Gasteiger partial charge >= 0.3 is 0 Å². The second kappa shape index (κ2) is 33.7. The highest BCUT2D eigenvalue weighted by Gasteiger charge is 2.22. The van der Waals surface area contributed by atoms with Gasteiger partial charge in [0.1, 0.15) is 88.0 Å². The summed E-state index contributed by atoms with van der Waals surface area (Å²) in [5, 5.41) is 19.1. The van der Waals surface area contributed by atoms with Crippen molar-refractivity contribution >= 4 is 68.3 Å². The highest BCUT2D eigenvalue weighted by Crippen LogP contribution is 2.35. The molecule has 0 atom stereocenters. The van der Waals surface area contributed by atoms with Crippen LogP contribution >= 0.6 is 0 Å². The first-order valence-corrected chi connectivity index (χ1v) is 31.8. The molecule has 26 heteroatoms. The number of hydrogen-bond donors (Lipinski definition) is 4. The zero-order valence-electron chi connectivity index (χ0n) is 56.2. The van der Waals surface area contributed by atoms with Crippen molar-refractivity contribution in [3.05, 3.63) is 207 Å². The first-order valence-electron chi connectivity index (χ1n) is 31.8. The lowest BCUT2D eigenvalue weighted by Gasteiger charge is -2.15. The second-order valence-corrected chi connectivity index (χ2v) is 23.2. The Hall–Kier alpha value is -12.9. The van der Waals surface area contributed by atoms with Gasteiger partial charge in [0.05, 0.1) is 35.8 Å². The van der Waals surface area contributed by atoms with Gasteiger partial charge in [0.15, 0.2) is 16.9 Å². The van der Waals surface area contributed by atoms with Gasteiger partial charge in [0, 0.05) is 75.7 Å². The standard InChI is InChI=1S/C26H29N7O2.C25H27N7O2.C23H20N6O2/c1-31(2)15-7-10-22(34)32(3)16-17-33-26-23(25(27)28-18-29-26)24(30-33)19-11-13-21(14-12-19)35-20-8-5-4-6-9-20;1-31(2)15-6-9-21(33)27-14-16-32-25-22(24(26)28-17-29-25)23(30-32)18-10-12-20(13-11-18)34-19-7-4-3-5-8-19;1-3-19(30)28(2)13-14-29-23-20(22(24)25-15-26-23)21(27-29)16-9-11-18(12-10-16)31-17-7-5-4-6-8-17/h4-14,18H,15-17H2,1-3H3,(H2,27,28,29);3-13,17H,14-16H2,1-2H3,(H,27,33)(H2,26,28,29);1,4-12,15H,13-14H2,2H3,(H2,24,25,26)/b10-7+;9-6+;. The van der Waals surface area contributed by atoms with Crippen molar-refractivity contribution in [1.82, 2.24) is 84.2 Å². The van der Waals surface area contributed by atoms with Crippen LogP contribution in [-0.2, 0) is 34.0 Å². The van der Waals surface area contributed by atoms with E-state index in [0.717, 1.165) is 39.7 Å². The van der Waals surface area contributed by atoms with Gasteiger partial charge in [-0.25, -0.2) is 43.9 Å². The van der Waals surface area contributed by atoms with Crippen LogP contribution in [0.25, 0.3) is 66.9 Å². The van der Waals surface area contributed by atoms with Crippen LogP contribution in [0.5, 0.6) is 34.5 Å². The molecule has 100 heavy (non-hydrogen) atoms. The average molecular weight is 1340 g/mol. The number of nitrogens with one attached hydrogen (secondary N) is 1.